The minimum absolute atomic E-state index is 0.0535. The van der Waals surface area contributed by atoms with Crippen LogP contribution in [0.1, 0.15) is 25.5 Å². The largest absolute Gasteiger partial charge is 0.352 e. The first-order valence-corrected chi connectivity index (χ1v) is 8.28. The number of carbonyl (C=O) groups excluding carboxylic acids is 1. The lowest BCUT2D eigenvalue weighted by atomic mass is 10.2. The molecule has 0 saturated carbocycles. The second-order valence-electron chi connectivity index (χ2n) is 5.65. The number of halogens is 2. The van der Waals surface area contributed by atoms with Crippen LogP contribution in [0.3, 0.4) is 0 Å². The van der Waals surface area contributed by atoms with Crippen molar-refractivity contribution < 1.29 is 4.79 Å². The van der Waals surface area contributed by atoms with Crippen molar-refractivity contribution in [2.24, 2.45) is 0 Å². The molecule has 0 radical (unpaired) electrons. The molecule has 25 heavy (non-hydrogen) atoms. The van der Waals surface area contributed by atoms with Gasteiger partial charge >= 0.3 is 0 Å². The molecule has 3 rings (SSSR count). The molecule has 0 fully saturated rings. The van der Waals surface area contributed by atoms with Gasteiger partial charge < -0.3 is 5.32 Å². The van der Waals surface area contributed by atoms with E-state index in [9.17, 15) is 9.59 Å². The lowest BCUT2D eigenvalue weighted by Crippen LogP contribution is -2.15. The molecular formula is C16H15Cl2N5O2. The highest BCUT2D eigenvalue weighted by Crippen LogP contribution is 2.23. The molecule has 0 aliphatic rings. The van der Waals surface area contributed by atoms with Gasteiger partial charge in [0, 0.05) is 6.54 Å². The number of Topliss-reactive ketones (excluding diaryl/α,β-unsaturated/α-hetero) is 1. The number of aromatic amines is 1. The van der Waals surface area contributed by atoms with Gasteiger partial charge in [0.25, 0.3) is 5.56 Å². The zero-order valence-electron chi connectivity index (χ0n) is 13.5. The highest BCUT2D eigenvalue weighted by Gasteiger charge is 2.15. The van der Waals surface area contributed by atoms with Gasteiger partial charge in [-0.2, -0.15) is 5.10 Å². The number of aromatic nitrogens is 4. The van der Waals surface area contributed by atoms with E-state index in [1.807, 2.05) is 6.07 Å². The van der Waals surface area contributed by atoms with E-state index in [0.717, 1.165) is 5.56 Å². The molecule has 0 bridgehead atoms. The predicted molar refractivity (Wildman–Crippen MR) is 97.3 cm³/mol. The van der Waals surface area contributed by atoms with Gasteiger partial charge in [-0.05, 0) is 31.5 Å². The number of carbonyl (C=O) groups is 1. The fourth-order valence-electron chi connectivity index (χ4n) is 2.24. The monoisotopic (exact) mass is 379 g/mol. The Morgan fingerprint density at radius 1 is 1.36 bits per heavy atom. The Kier molecular flexibility index (Phi) is 4.78. The number of hydrogen-bond donors (Lipinski definition) is 2. The summed E-state index contributed by atoms with van der Waals surface area (Å²) >= 11 is 11.9. The first-order chi connectivity index (χ1) is 11.8. The van der Waals surface area contributed by atoms with Crippen LogP contribution in [-0.4, -0.2) is 25.5 Å². The number of ketones is 1. The molecule has 2 aromatic heterocycles. The van der Waals surface area contributed by atoms with Gasteiger partial charge in [-0.3, -0.25) is 19.3 Å². The van der Waals surface area contributed by atoms with Crippen LogP contribution in [-0.2, 0) is 11.3 Å². The summed E-state index contributed by atoms with van der Waals surface area (Å²) in [6.45, 7) is 3.59. The van der Waals surface area contributed by atoms with Crippen molar-refractivity contribution in [2.75, 3.05) is 5.32 Å². The number of H-pyrrole nitrogens is 1. The molecule has 3 aromatic rings. The molecule has 1 aromatic carbocycles. The third-order valence-electron chi connectivity index (χ3n) is 3.82. The minimum Gasteiger partial charge on any atom is -0.352 e. The van der Waals surface area contributed by atoms with Crippen molar-refractivity contribution >= 4 is 46.0 Å². The first kappa shape index (κ1) is 17.4. The smallest absolute Gasteiger partial charge is 0.280 e. The first-order valence-electron chi connectivity index (χ1n) is 7.52. The molecule has 7 nitrogen and oxygen atoms in total. The number of nitrogens with one attached hydrogen (secondary N) is 2. The zero-order valence-corrected chi connectivity index (χ0v) is 15.0. The third kappa shape index (κ3) is 3.67. The van der Waals surface area contributed by atoms with Crippen molar-refractivity contribution in [3.8, 4) is 0 Å². The summed E-state index contributed by atoms with van der Waals surface area (Å²) in [5, 5.41) is 8.11. The van der Waals surface area contributed by atoms with Crippen LogP contribution >= 0.6 is 23.2 Å². The Morgan fingerprint density at radius 3 is 2.80 bits per heavy atom. The summed E-state index contributed by atoms with van der Waals surface area (Å²) in [4.78, 5) is 30.6. The average Bonchev–Trinajstić information content (AvgIpc) is 2.99. The maximum atomic E-state index is 12.2. The van der Waals surface area contributed by atoms with Crippen LogP contribution in [0.2, 0.25) is 10.0 Å². The lowest BCUT2D eigenvalue weighted by molar-refractivity contribution is -0.119. The van der Waals surface area contributed by atoms with Gasteiger partial charge in [0.2, 0.25) is 5.95 Å². The number of hydrogen-bond acceptors (Lipinski definition) is 5. The Balaban J connectivity index is 1.86. The number of anilines is 1. The van der Waals surface area contributed by atoms with E-state index < -0.39 is 6.04 Å². The lowest BCUT2D eigenvalue weighted by Gasteiger charge is -2.06. The van der Waals surface area contributed by atoms with Crippen molar-refractivity contribution in [1.82, 2.24) is 19.7 Å². The predicted octanol–water partition coefficient (Wildman–Crippen LogP) is 3.19. The Hall–Kier alpha value is -2.38. The number of nitrogens with zero attached hydrogens (tertiary/aromatic N) is 3. The summed E-state index contributed by atoms with van der Waals surface area (Å²) in [7, 11) is 0. The number of fused-ring (bicyclic) bond motifs is 1. The van der Waals surface area contributed by atoms with E-state index >= 15 is 0 Å². The molecule has 2 heterocycles. The van der Waals surface area contributed by atoms with Crippen molar-refractivity contribution in [3.63, 3.8) is 0 Å². The summed E-state index contributed by atoms with van der Waals surface area (Å²) in [5.74, 6) is 0.251. The molecular weight excluding hydrogens is 365 g/mol. The fourth-order valence-corrected chi connectivity index (χ4v) is 2.57. The van der Waals surface area contributed by atoms with E-state index in [-0.39, 0.29) is 16.9 Å². The molecule has 9 heteroatoms. The molecule has 1 atom stereocenters. The number of rotatable bonds is 5. The van der Waals surface area contributed by atoms with Crippen molar-refractivity contribution in [1.29, 1.82) is 0 Å². The quantitative estimate of drug-likeness (QED) is 0.709. The van der Waals surface area contributed by atoms with Crippen molar-refractivity contribution in [2.45, 2.75) is 26.4 Å². The van der Waals surface area contributed by atoms with Gasteiger partial charge in [-0.25, -0.2) is 4.98 Å². The van der Waals surface area contributed by atoms with Crippen LogP contribution in [0.4, 0.5) is 5.95 Å². The Morgan fingerprint density at radius 2 is 2.12 bits per heavy atom. The van der Waals surface area contributed by atoms with Crippen LogP contribution in [0.5, 0.6) is 0 Å². The fraction of sp³-hybridized carbons (Fsp3) is 0.250. The third-order valence-corrected chi connectivity index (χ3v) is 4.56. The van der Waals surface area contributed by atoms with E-state index in [1.54, 1.807) is 25.3 Å². The SMILES string of the molecule is CC(=O)C(C)n1cc2nc(NCc3ccc(Cl)c(Cl)c3)[nH]c(=O)c2n1. The zero-order chi connectivity index (χ0) is 18.1. The normalized spacial score (nSPS) is 12.3. The average molecular weight is 380 g/mol. The van der Waals surface area contributed by atoms with Gasteiger partial charge in [-0.15, -0.1) is 0 Å². The van der Waals surface area contributed by atoms with Crippen LogP contribution < -0.4 is 10.9 Å². The molecule has 0 aliphatic heterocycles. The molecule has 1 unspecified atom stereocenters. The minimum atomic E-state index is -0.457. The summed E-state index contributed by atoms with van der Waals surface area (Å²) < 4.78 is 1.44. The standard InChI is InChI=1S/C16H15Cl2N5O2/c1-8(9(2)24)23-7-13-14(22-23)15(25)21-16(20-13)19-6-10-3-4-11(17)12(18)5-10/h3-5,7-8H,6H2,1-2H3,(H2,19,20,21,25). The molecule has 0 spiro atoms. The van der Waals surface area contributed by atoms with Gasteiger partial charge in [0.15, 0.2) is 11.3 Å². The highest BCUT2D eigenvalue weighted by atomic mass is 35.5. The van der Waals surface area contributed by atoms with Crippen molar-refractivity contribution in [3.05, 3.63) is 50.4 Å². The molecule has 2 N–H and O–H groups in total. The summed E-state index contributed by atoms with van der Waals surface area (Å²) in [6.07, 6.45) is 1.58. The van der Waals surface area contributed by atoms with Gasteiger partial charge in [0.05, 0.1) is 16.2 Å². The van der Waals surface area contributed by atoms with E-state index in [0.29, 0.717) is 28.1 Å². The van der Waals surface area contributed by atoms with E-state index in [2.05, 4.69) is 20.4 Å². The Bertz CT molecular complexity index is 1010. The summed E-state index contributed by atoms with van der Waals surface area (Å²) in [6, 6.07) is 4.80. The van der Waals surface area contributed by atoms with Crippen LogP contribution in [0.15, 0.2) is 29.2 Å². The molecule has 0 saturated heterocycles. The van der Waals surface area contributed by atoms with Crippen LogP contribution in [0, 0.1) is 0 Å². The maximum absolute atomic E-state index is 12.2. The van der Waals surface area contributed by atoms with Gasteiger partial charge in [-0.1, -0.05) is 29.3 Å². The molecule has 0 amide bonds. The Labute approximate surface area is 153 Å². The van der Waals surface area contributed by atoms with E-state index in [4.69, 9.17) is 23.2 Å². The van der Waals surface area contributed by atoms with Crippen LogP contribution in [0.25, 0.3) is 11.0 Å². The molecule has 0 aliphatic carbocycles. The number of benzene rings is 1. The summed E-state index contributed by atoms with van der Waals surface area (Å²) in [5.41, 5.74) is 1.11. The second-order valence-corrected chi connectivity index (χ2v) is 6.46. The topological polar surface area (TPSA) is 92.7 Å². The maximum Gasteiger partial charge on any atom is 0.280 e. The second kappa shape index (κ2) is 6.85. The van der Waals surface area contributed by atoms with E-state index in [1.165, 1.54) is 11.6 Å². The van der Waals surface area contributed by atoms with Gasteiger partial charge in [0.1, 0.15) is 11.6 Å². The molecule has 130 valence electrons. The highest BCUT2D eigenvalue weighted by molar-refractivity contribution is 6.42.